The van der Waals surface area contributed by atoms with Gasteiger partial charge in [0.2, 0.25) is 5.91 Å². The number of nitrogens with one attached hydrogen (secondary N) is 2. The molecule has 0 aromatic heterocycles. The zero-order valence-corrected chi connectivity index (χ0v) is 17.8. The molecule has 0 aliphatic carbocycles. The van der Waals surface area contributed by atoms with Crippen LogP contribution in [0.25, 0.3) is 0 Å². The third kappa shape index (κ3) is 5.97. The first-order valence-electron chi connectivity index (χ1n) is 9.51. The van der Waals surface area contributed by atoms with Crippen molar-refractivity contribution in [1.82, 2.24) is 5.32 Å². The summed E-state index contributed by atoms with van der Waals surface area (Å²) in [5, 5.41) is 5.40. The molecule has 1 heterocycles. The number of hydrogen-bond acceptors (Lipinski definition) is 5. The molecular weight excluding hydrogens is 359 g/mol. The van der Waals surface area contributed by atoms with E-state index in [4.69, 9.17) is 14.0 Å². The molecule has 8 heteroatoms. The van der Waals surface area contributed by atoms with Crippen molar-refractivity contribution >= 4 is 30.3 Å². The molecule has 1 fully saturated rings. The van der Waals surface area contributed by atoms with Crippen LogP contribution < -0.4 is 16.1 Å². The van der Waals surface area contributed by atoms with Gasteiger partial charge in [0.15, 0.2) is 0 Å². The highest BCUT2D eigenvalue weighted by Gasteiger charge is 2.51. The number of carbonyl (C=O) groups is 2. The number of amides is 2. The molecule has 7 nitrogen and oxygen atoms in total. The van der Waals surface area contributed by atoms with Crippen LogP contribution in [0, 0.1) is 0 Å². The largest absolute Gasteiger partial charge is 0.494 e. The zero-order valence-electron chi connectivity index (χ0n) is 17.8. The second-order valence-corrected chi connectivity index (χ2v) is 8.94. The number of carbonyl (C=O) groups excluding carboxylic acids is 2. The molecule has 0 saturated carbocycles. The maximum atomic E-state index is 12.2. The summed E-state index contributed by atoms with van der Waals surface area (Å²) in [4.78, 5) is 23.8. The van der Waals surface area contributed by atoms with E-state index in [1.54, 1.807) is 26.8 Å². The molecule has 28 heavy (non-hydrogen) atoms. The first kappa shape index (κ1) is 22.2. The average Bonchev–Trinajstić information content (AvgIpc) is 2.74. The number of alkyl carbamates (subject to hydrolysis) is 1. The van der Waals surface area contributed by atoms with Gasteiger partial charge in [-0.3, -0.25) is 4.79 Å². The molecule has 2 N–H and O–H groups in total. The van der Waals surface area contributed by atoms with Gasteiger partial charge in [0.05, 0.1) is 11.2 Å². The van der Waals surface area contributed by atoms with Gasteiger partial charge < -0.3 is 24.7 Å². The zero-order chi connectivity index (χ0) is 21.2. The molecule has 2 amide bonds. The normalized spacial score (nSPS) is 17.9. The Bertz CT molecular complexity index is 712. The van der Waals surface area contributed by atoms with Crippen molar-refractivity contribution in [2.75, 3.05) is 11.9 Å². The van der Waals surface area contributed by atoms with E-state index in [0.29, 0.717) is 5.69 Å². The van der Waals surface area contributed by atoms with Gasteiger partial charge in [-0.25, -0.2) is 4.79 Å². The molecule has 1 aromatic rings. The van der Waals surface area contributed by atoms with E-state index in [9.17, 15) is 9.59 Å². The minimum Gasteiger partial charge on any atom is -0.444 e. The Labute approximate surface area is 167 Å². The number of anilines is 1. The lowest BCUT2D eigenvalue weighted by atomic mass is 9.79. The second kappa shape index (κ2) is 8.13. The van der Waals surface area contributed by atoms with E-state index < -0.39 is 30.0 Å². The summed E-state index contributed by atoms with van der Waals surface area (Å²) in [5.41, 5.74) is 0.0623. The predicted molar refractivity (Wildman–Crippen MR) is 110 cm³/mol. The Morgan fingerprint density at radius 3 is 2.29 bits per heavy atom. The highest BCUT2D eigenvalue weighted by Crippen LogP contribution is 2.36. The predicted octanol–water partition coefficient (Wildman–Crippen LogP) is 2.84. The molecular formula is C20H31BN2O5. The summed E-state index contributed by atoms with van der Waals surface area (Å²) in [6.45, 7) is 13.5. The van der Waals surface area contributed by atoms with Crippen molar-refractivity contribution in [2.24, 2.45) is 0 Å². The van der Waals surface area contributed by atoms with Crippen LogP contribution in [0.1, 0.15) is 54.9 Å². The molecule has 1 aliphatic heterocycles. The van der Waals surface area contributed by atoms with Crippen molar-refractivity contribution < 1.29 is 23.6 Å². The summed E-state index contributed by atoms with van der Waals surface area (Å²) in [7, 11) is -0.490. The fourth-order valence-electron chi connectivity index (χ4n) is 2.56. The van der Waals surface area contributed by atoms with Gasteiger partial charge in [-0.2, -0.15) is 0 Å². The van der Waals surface area contributed by atoms with Crippen LogP contribution in [0.4, 0.5) is 10.5 Å². The van der Waals surface area contributed by atoms with E-state index in [1.807, 2.05) is 45.9 Å². The molecule has 154 valence electrons. The van der Waals surface area contributed by atoms with Crippen LogP contribution in [-0.2, 0) is 18.8 Å². The summed E-state index contributed by atoms with van der Waals surface area (Å²) >= 11 is 0. The quantitative estimate of drug-likeness (QED) is 0.756. The lowest BCUT2D eigenvalue weighted by Gasteiger charge is -2.32. The van der Waals surface area contributed by atoms with Crippen LogP contribution in [0.15, 0.2) is 24.3 Å². The maximum Gasteiger partial charge on any atom is 0.494 e. The van der Waals surface area contributed by atoms with Gasteiger partial charge in [-0.1, -0.05) is 12.1 Å². The lowest BCUT2D eigenvalue weighted by molar-refractivity contribution is -0.116. The van der Waals surface area contributed by atoms with Crippen LogP contribution in [0.5, 0.6) is 0 Å². The average molecular weight is 390 g/mol. The van der Waals surface area contributed by atoms with Crippen LogP contribution >= 0.6 is 0 Å². The Morgan fingerprint density at radius 1 is 1.11 bits per heavy atom. The lowest BCUT2D eigenvalue weighted by Crippen LogP contribution is -2.41. The second-order valence-electron chi connectivity index (χ2n) is 8.94. The standard InChI is InChI=1S/C20H31BN2O5/c1-18(2,3)26-17(25)22-12-11-16(24)23-15-10-8-9-14(13-15)21-27-19(4,5)20(6,7)28-21/h8-10,13H,11-12H2,1-7H3,(H,22,25)(H,23,24). The third-order valence-electron chi connectivity index (χ3n) is 4.72. The highest BCUT2D eigenvalue weighted by molar-refractivity contribution is 6.62. The van der Waals surface area contributed by atoms with Crippen molar-refractivity contribution in [3.8, 4) is 0 Å². The van der Waals surface area contributed by atoms with Gasteiger partial charge in [0, 0.05) is 18.7 Å². The molecule has 1 saturated heterocycles. The Hall–Kier alpha value is -2.06. The molecule has 0 spiro atoms. The minimum absolute atomic E-state index is 0.139. The Balaban J connectivity index is 1.88. The van der Waals surface area contributed by atoms with Gasteiger partial charge in [0.1, 0.15) is 5.60 Å². The van der Waals surface area contributed by atoms with Crippen molar-refractivity contribution in [1.29, 1.82) is 0 Å². The first-order chi connectivity index (χ1) is 12.8. The van der Waals surface area contributed by atoms with Crippen LogP contribution in [-0.4, -0.2) is 42.5 Å². The molecule has 1 aromatic carbocycles. The number of ether oxygens (including phenoxy) is 1. The molecule has 0 atom stereocenters. The van der Waals surface area contributed by atoms with Gasteiger partial charge in [0.25, 0.3) is 0 Å². The van der Waals surface area contributed by atoms with E-state index in [0.717, 1.165) is 5.46 Å². The topological polar surface area (TPSA) is 85.9 Å². The number of rotatable bonds is 5. The molecule has 0 unspecified atom stereocenters. The third-order valence-corrected chi connectivity index (χ3v) is 4.72. The first-order valence-corrected chi connectivity index (χ1v) is 9.51. The van der Waals surface area contributed by atoms with Crippen LogP contribution in [0.2, 0.25) is 0 Å². The van der Waals surface area contributed by atoms with Crippen molar-refractivity contribution in [3.63, 3.8) is 0 Å². The van der Waals surface area contributed by atoms with Gasteiger partial charge in [-0.05, 0) is 66.1 Å². The summed E-state index contributed by atoms with van der Waals surface area (Å²) in [6, 6.07) is 7.38. The minimum atomic E-state index is -0.569. The summed E-state index contributed by atoms with van der Waals surface area (Å²) in [6.07, 6.45) is -0.400. The summed E-state index contributed by atoms with van der Waals surface area (Å²) < 4.78 is 17.2. The summed E-state index contributed by atoms with van der Waals surface area (Å²) in [5.74, 6) is -0.206. The van der Waals surface area contributed by atoms with E-state index >= 15 is 0 Å². The van der Waals surface area contributed by atoms with E-state index in [2.05, 4.69) is 10.6 Å². The maximum absolute atomic E-state index is 12.2. The fraction of sp³-hybridized carbons (Fsp3) is 0.600. The molecule has 0 radical (unpaired) electrons. The molecule has 1 aliphatic rings. The van der Waals surface area contributed by atoms with E-state index in [1.165, 1.54) is 0 Å². The van der Waals surface area contributed by atoms with Gasteiger partial charge >= 0.3 is 13.2 Å². The molecule has 0 bridgehead atoms. The Morgan fingerprint density at radius 2 is 1.71 bits per heavy atom. The van der Waals surface area contributed by atoms with Crippen molar-refractivity contribution in [2.45, 2.75) is 71.7 Å². The highest BCUT2D eigenvalue weighted by atomic mass is 16.7. The molecule has 2 rings (SSSR count). The number of benzene rings is 1. The monoisotopic (exact) mass is 390 g/mol. The van der Waals surface area contributed by atoms with Crippen LogP contribution in [0.3, 0.4) is 0 Å². The number of hydrogen-bond donors (Lipinski definition) is 2. The SMILES string of the molecule is CC(C)(C)OC(=O)NCCC(=O)Nc1cccc(B2OC(C)(C)C(C)(C)O2)c1. The van der Waals surface area contributed by atoms with E-state index in [-0.39, 0.29) is 18.9 Å². The Kier molecular flexibility index (Phi) is 6.46. The fourth-order valence-corrected chi connectivity index (χ4v) is 2.56. The smallest absolute Gasteiger partial charge is 0.444 e. The van der Waals surface area contributed by atoms with Crippen molar-refractivity contribution in [3.05, 3.63) is 24.3 Å². The van der Waals surface area contributed by atoms with Gasteiger partial charge in [-0.15, -0.1) is 0 Å².